The number of hydrogen-bond donors (Lipinski definition) is 0. The molecule has 0 aliphatic carbocycles. The number of halogens is 6. The summed E-state index contributed by atoms with van der Waals surface area (Å²) >= 11 is 18.4. The summed E-state index contributed by atoms with van der Waals surface area (Å²) in [6, 6.07) is 0. The highest BCUT2D eigenvalue weighted by Crippen LogP contribution is 2.43. The highest BCUT2D eigenvalue weighted by molar-refractivity contribution is 6.79. The summed E-state index contributed by atoms with van der Waals surface area (Å²) < 4.78 is 20.8. The molecule has 10 heavy (non-hydrogen) atoms. The van der Waals surface area contributed by atoms with E-state index in [-0.39, 0.29) is 0 Å². The predicted octanol–water partition coefficient (Wildman–Crippen LogP) is 2.76. The molecular weight excluding hydrogens is 232 g/mol. The van der Waals surface area contributed by atoms with E-state index in [1.54, 1.807) is 0 Å². The Morgan fingerprint density at radius 2 is 1.50 bits per heavy atom. The highest BCUT2D eigenvalue weighted by Gasteiger charge is 2.55. The van der Waals surface area contributed by atoms with Crippen LogP contribution in [0.5, 0.6) is 0 Å². The standard InChI is InChI=1S/C3Cl4F2O/c4-1(10)2(5,6)3(7,8)9. The van der Waals surface area contributed by atoms with Gasteiger partial charge in [-0.1, -0.05) is 23.2 Å². The summed E-state index contributed by atoms with van der Waals surface area (Å²) in [5.41, 5.74) is 0. The molecule has 0 aromatic heterocycles. The Morgan fingerprint density at radius 1 is 1.20 bits per heavy atom. The first-order chi connectivity index (χ1) is 4.19. The maximum absolute atomic E-state index is 11.9. The molecule has 0 fully saturated rings. The van der Waals surface area contributed by atoms with E-state index in [1.807, 2.05) is 0 Å². The minimum atomic E-state index is -4.06. The Bertz CT molecular complexity index is 151. The minimum Gasteiger partial charge on any atom is -0.278 e. The van der Waals surface area contributed by atoms with Crippen molar-refractivity contribution in [3.05, 3.63) is 0 Å². The van der Waals surface area contributed by atoms with Crippen molar-refractivity contribution in [1.82, 2.24) is 0 Å². The van der Waals surface area contributed by atoms with Gasteiger partial charge in [-0.25, -0.2) is 0 Å². The van der Waals surface area contributed by atoms with Crippen LogP contribution in [0, 0.1) is 0 Å². The molecule has 0 radical (unpaired) electrons. The van der Waals surface area contributed by atoms with Crippen LogP contribution in [0.4, 0.5) is 8.78 Å². The first kappa shape index (κ1) is 10.7. The smallest absolute Gasteiger partial charge is 0.278 e. The molecule has 0 saturated carbocycles. The normalized spacial score (nSPS) is 13.4. The summed E-state index contributed by atoms with van der Waals surface area (Å²) in [7, 11) is 0. The van der Waals surface area contributed by atoms with Gasteiger partial charge >= 0.3 is 5.38 Å². The molecule has 0 rings (SSSR count). The molecule has 60 valence electrons. The van der Waals surface area contributed by atoms with E-state index in [2.05, 4.69) is 23.2 Å². The molecule has 0 aromatic carbocycles. The first-order valence-corrected chi connectivity index (χ1v) is 3.35. The predicted molar refractivity (Wildman–Crippen MR) is 36.1 cm³/mol. The van der Waals surface area contributed by atoms with Crippen LogP contribution in [0.25, 0.3) is 0 Å². The minimum absolute atomic E-state index is 1.61. The molecule has 7 heteroatoms. The van der Waals surface area contributed by atoms with Crippen molar-refractivity contribution in [2.45, 2.75) is 9.72 Å². The van der Waals surface area contributed by atoms with Gasteiger partial charge in [0.05, 0.1) is 0 Å². The van der Waals surface area contributed by atoms with Gasteiger partial charge in [0.25, 0.3) is 9.58 Å². The monoisotopic (exact) mass is 230 g/mol. The average Bonchev–Trinajstić information content (AvgIpc) is 1.62. The van der Waals surface area contributed by atoms with E-state index in [9.17, 15) is 13.6 Å². The van der Waals surface area contributed by atoms with Crippen molar-refractivity contribution in [1.29, 1.82) is 0 Å². The van der Waals surface area contributed by atoms with Gasteiger partial charge < -0.3 is 0 Å². The number of alkyl halides is 5. The number of carbonyl (C=O) groups excluding carboxylic acids is 1. The third-order valence-corrected chi connectivity index (χ3v) is 2.37. The van der Waals surface area contributed by atoms with E-state index in [1.165, 1.54) is 0 Å². The molecule has 0 saturated heterocycles. The van der Waals surface area contributed by atoms with Crippen molar-refractivity contribution in [3.63, 3.8) is 0 Å². The summed E-state index contributed by atoms with van der Waals surface area (Å²) in [5, 5.41) is -5.68. The second-order valence-electron chi connectivity index (χ2n) is 1.35. The van der Waals surface area contributed by atoms with E-state index >= 15 is 0 Å². The lowest BCUT2D eigenvalue weighted by atomic mass is 10.5. The van der Waals surface area contributed by atoms with Crippen LogP contribution in [-0.4, -0.2) is 15.0 Å². The Kier molecular flexibility index (Phi) is 3.18. The summed E-state index contributed by atoms with van der Waals surface area (Å²) in [4.78, 5) is 10.0. The molecular formula is C3Cl4F2O. The van der Waals surface area contributed by atoms with Gasteiger partial charge in [-0.3, -0.25) is 4.79 Å². The van der Waals surface area contributed by atoms with Gasteiger partial charge in [-0.15, -0.1) is 0 Å². The van der Waals surface area contributed by atoms with Gasteiger partial charge in [-0.2, -0.15) is 8.78 Å². The van der Waals surface area contributed by atoms with E-state index in [0.717, 1.165) is 0 Å². The van der Waals surface area contributed by atoms with Crippen LogP contribution in [0.3, 0.4) is 0 Å². The van der Waals surface area contributed by atoms with Crippen LogP contribution in [0.1, 0.15) is 0 Å². The number of rotatable bonds is 2. The van der Waals surface area contributed by atoms with Crippen LogP contribution in [-0.2, 0) is 4.79 Å². The van der Waals surface area contributed by atoms with Crippen molar-refractivity contribution in [2.24, 2.45) is 0 Å². The average molecular weight is 232 g/mol. The summed E-state index contributed by atoms with van der Waals surface area (Å²) in [6.07, 6.45) is 0. The Balaban J connectivity index is 4.57. The van der Waals surface area contributed by atoms with Crippen molar-refractivity contribution < 1.29 is 13.6 Å². The van der Waals surface area contributed by atoms with Crippen molar-refractivity contribution in [2.75, 3.05) is 0 Å². The molecule has 0 unspecified atom stereocenters. The third-order valence-electron chi connectivity index (χ3n) is 0.603. The van der Waals surface area contributed by atoms with Crippen LogP contribution in [0.15, 0.2) is 0 Å². The fraction of sp³-hybridized carbons (Fsp3) is 0.667. The van der Waals surface area contributed by atoms with E-state index in [4.69, 9.17) is 23.2 Å². The number of carbonyl (C=O) groups is 1. The van der Waals surface area contributed by atoms with Crippen molar-refractivity contribution in [3.8, 4) is 0 Å². The third kappa shape index (κ3) is 2.09. The first-order valence-electron chi connectivity index (χ1n) is 1.84. The molecule has 0 aromatic rings. The highest BCUT2D eigenvalue weighted by atomic mass is 35.5. The quantitative estimate of drug-likeness (QED) is 0.528. The van der Waals surface area contributed by atoms with Crippen LogP contribution in [0.2, 0.25) is 0 Å². The molecule has 0 spiro atoms. The van der Waals surface area contributed by atoms with Gasteiger partial charge in [0.1, 0.15) is 0 Å². The molecule has 0 aliphatic rings. The van der Waals surface area contributed by atoms with E-state index < -0.39 is 15.0 Å². The molecule has 0 atom stereocenters. The lowest BCUT2D eigenvalue weighted by Gasteiger charge is -2.18. The second kappa shape index (κ2) is 2.97. The largest absolute Gasteiger partial charge is 0.362 e. The summed E-state index contributed by atoms with van der Waals surface area (Å²) in [5.74, 6) is 0. The zero-order chi connectivity index (χ0) is 8.58. The molecule has 0 amide bonds. The topological polar surface area (TPSA) is 17.1 Å². The zero-order valence-corrected chi connectivity index (χ0v) is 7.20. The SMILES string of the molecule is O=C(Cl)C(Cl)(Cl)C(F)(F)Cl. The maximum atomic E-state index is 11.9. The Labute approximate surface area is 75.2 Å². The van der Waals surface area contributed by atoms with E-state index in [0.29, 0.717) is 0 Å². The lowest BCUT2D eigenvalue weighted by Crippen LogP contribution is -2.38. The van der Waals surface area contributed by atoms with Crippen LogP contribution < -0.4 is 0 Å². The second-order valence-corrected chi connectivity index (χ2v) is 3.49. The Morgan fingerprint density at radius 3 is 1.50 bits per heavy atom. The molecule has 1 nitrogen and oxygen atoms in total. The van der Waals surface area contributed by atoms with Gasteiger partial charge in [0.2, 0.25) is 0 Å². The van der Waals surface area contributed by atoms with Gasteiger partial charge in [0.15, 0.2) is 0 Å². The van der Waals surface area contributed by atoms with Crippen molar-refractivity contribution >= 4 is 51.6 Å². The zero-order valence-electron chi connectivity index (χ0n) is 4.18. The summed E-state index contributed by atoms with van der Waals surface area (Å²) in [6.45, 7) is 0. The van der Waals surface area contributed by atoms with Crippen LogP contribution >= 0.6 is 46.4 Å². The lowest BCUT2D eigenvalue weighted by molar-refractivity contribution is -0.116. The maximum Gasteiger partial charge on any atom is 0.362 e. The Hall–Kier alpha value is 0.690. The molecule has 0 N–H and O–H groups in total. The van der Waals surface area contributed by atoms with Gasteiger partial charge in [-0.05, 0) is 23.2 Å². The fourth-order valence-corrected chi connectivity index (χ4v) is 0.364. The van der Waals surface area contributed by atoms with Gasteiger partial charge in [0, 0.05) is 0 Å². The fourth-order valence-electron chi connectivity index (χ4n) is 0.111. The molecule has 0 bridgehead atoms. The molecule has 0 heterocycles. The number of hydrogen-bond acceptors (Lipinski definition) is 1. The molecule has 0 aliphatic heterocycles.